The lowest BCUT2D eigenvalue weighted by Gasteiger charge is -2.17. The summed E-state index contributed by atoms with van der Waals surface area (Å²) in [7, 11) is 0. The molecule has 1 aliphatic heterocycles. The molecule has 0 unspecified atom stereocenters. The topological polar surface area (TPSA) is 75.7 Å². The number of ether oxygens (including phenoxy) is 1. The van der Waals surface area contributed by atoms with Crippen LogP contribution < -0.4 is 15.0 Å². The van der Waals surface area contributed by atoms with Crippen LogP contribution in [0.4, 0.5) is 11.4 Å². The first-order valence-electron chi connectivity index (χ1n) is 10.5. The Morgan fingerprint density at radius 3 is 2.20 bits per heavy atom. The van der Waals surface area contributed by atoms with E-state index in [9.17, 15) is 14.4 Å². The summed E-state index contributed by atoms with van der Waals surface area (Å²) in [5.41, 5.74) is 3.54. The van der Waals surface area contributed by atoms with Crippen LogP contribution in [0.1, 0.15) is 27.0 Å². The van der Waals surface area contributed by atoms with Gasteiger partial charge in [-0.25, -0.2) is 9.69 Å². The number of benzene rings is 3. The Kier molecular flexibility index (Phi) is 6.90. The van der Waals surface area contributed by atoms with Crippen LogP contribution in [0.2, 0.25) is 10.0 Å². The number of nitrogens with one attached hydrogen (secondary N) is 1. The third-order valence-electron chi connectivity index (χ3n) is 5.66. The number of carbonyl (C=O) groups is 3. The summed E-state index contributed by atoms with van der Waals surface area (Å²) < 4.78 is 5.63. The highest BCUT2D eigenvalue weighted by atomic mass is 35.5. The number of imide groups is 1. The highest BCUT2D eigenvalue weighted by Gasteiger charge is 2.40. The van der Waals surface area contributed by atoms with Crippen molar-refractivity contribution in [3.05, 3.63) is 97.6 Å². The molecule has 3 aromatic carbocycles. The number of amides is 2. The molecule has 0 saturated carbocycles. The smallest absolute Gasteiger partial charge is 0.343 e. The summed E-state index contributed by atoms with van der Waals surface area (Å²) in [6.07, 6.45) is 0. The Labute approximate surface area is 217 Å². The molecule has 35 heavy (non-hydrogen) atoms. The monoisotopic (exact) mass is 528 g/mol. The lowest BCUT2D eigenvalue weighted by atomic mass is 10.1. The van der Waals surface area contributed by atoms with Crippen LogP contribution in [-0.2, 0) is 9.59 Å². The molecule has 0 spiro atoms. The Morgan fingerprint density at radius 1 is 0.857 bits per heavy atom. The van der Waals surface area contributed by atoms with Gasteiger partial charge in [0.1, 0.15) is 16.5 Å². The maximum absolute atomic E-state index is 13.0. The van der Waals surface area contributed by atoms with E-state index in [0.29, 0.717) is 17.0 Å². The maximum atomic E-state index is 13.0. The number of halogens is 3. The number of esters is 1. The van der Waals surface area contributed by atoms with E-state index in [-0.39, 0.29) is 26.5 Å². The van der Waals surface area contributed by atoms with E-state index < -0.39 is 17.8 Å². The molecule has 1 aliphatic rings. The first kappa shape index (κ1) is 24.8. The molecular formula is C26H19Cl3N2O4. The SMILES string of the molecule is Cc1ccc(C)c(OC(=O)c2ccc(NC3=C(Cl)C(=O)N(c4cccc(Cl)c4Cl)C3=O)cc2)c1C. The summed E-state index contributed by atoms with van der Waals surface area (Å²) in [6, 6.07) is 14.7. The molecule has 0 fully saturated rings. The molecule has 0 aromatic heterocycles. The Morgan fingerprint density at radius 2 is 1.51 bits per heavy atom. The van der Waals surface area contributed by atoms with Gasteiger partial charge in [0.05, 0.1) is 21.3 Å². The van der Waals surface area contributed by atoms with Gasteiger partial charge in [0.15, 0.2) is 0 Å². The second kappa shape index (κ2) is 9.74. The van der Waals surface area contributed by atoms with Crippen molar-refractivity contribution in [3.63, 3.8) is 0 Å². The van der Waals surface area contributed by atoms with Gasteiger partial charge in [0.25, 0.3) is 11.8 Å². The summed E-state index contributed by atoms with van der Waals surface area (Å²) in [4.78, 5) is 39.2. The van der Waals surface area contributed by atoms with Crippen molar-refractivity contribution in [1.82, 2.24) is 0 Å². The van der Waals surface area contributed by atoms with Crippen LogP contribution in [0.3, 0.4) is 0 Å². The Hall–Kier alpha value is -3.32. The first-order valence-corrected chi connectivity index (χ1v) is 11.6. The average Bonchev–Trinajstić information content (AvgIpc) is 3.04. The number of carbonyl (C=O) groups excluding carboxylic acids is 3. The summed E-state index contributed by atoms with van der Waals surface area (Å²) in [5.74, 6) is -1.39. The third kappa shape index (κ3) is 4.65. The van der Waals surface area contributed by atoms with E-state index in [1.54, 1.807) is 36.4 Å². The fourth-order valence-electron chi connectivity index (χ4n) is 3.56. The molecule has 0 atom stereocenters. The van der Waals surface area contributed by atoms with Gasteiger partial charge in [-0.3, -0.25) is 9.59 Å². The van der Waals surface area contributed by atoms with Crippen LogP contribution in [0.25, 0.3) is 0 Å². The number of aryl methyl sites for hydroxylation is 2. The predicted octanol–water partition coefficient (Wildman–Crippen LogP) is 6.57. The zero-order chi connectivity index (χ0) is 25.4. The third-order valence-corrected chi connectivity index (χ3v) is 6.82. The molecule has 1 N–H and O–H groups in total. The van der Waals surface area contributed by atoms with Crippen molar-refractivity contribution >= 4 is 64.0 Å². The lowest BCUT2D eigenvalue weighted by molar-refractivity contribution is -0.120. The van der Waals surface area contributed by atoms with Gasteiger partial charge in [-0.1, -0.05) is 53.0 Å². The van der Waals surface area contributed by atoms with Crippen LogP contribution in [0.5, 0.6) is 5.75 Å². The van der Waals surface area contributed by atoms with Crippen molar-refractivity contribution in [2.75, 3.05) is 10.2 Å². The molecule has 0 bridgehead atoms. The van der Waals surface area contributed by atoms with Crippen molar-refractivity contribution < 1.29 is 19.1 Å². The molecule has 1 heterocycles. The predicted molar refractivity (Wildman–Crippen MR) is 138 cm³/mol. The fourth-order valence-corrected chi connectivity index (χ4v) is 4.16. The maximum Gasteiger partial charge on any atom is 0.343 e. The summed E-state index contributed by atoms with van der Waals surface area (Å²) in [6.45, 7) is 5.72. The number of nitrogens with zero attached hydrogens (tertiary/aromatic N) is 1. The van der Waals surface area contributed by atoms with E-state index in [1.165, 1.54) is 6.07 Å². The minimum atomic E-state index is -0.729. The molecule has 0 aliphatic carbocycles. The first-order chi connectivity index (χ1) is 16.6. The number of hydrogen-bond acceptors (Lipinski definition) is 5. The van der Waals surface area contributed by atoms with Gasteiger partial charge in [-0.15, -0.1) is 0 Å². The van der Waals surface area contributed by atoms with Gasteiger partial charge < -0.3 is 10.1 Å². The quantitative estimate of drug-likeness (QED) is 0.230. The van der Waals surface area contributed by atoms with E-state index in [2.05, 4.69) is 5.32 Å². The fraction of sp³-hybridized carbons (Fsp3) is 0.115. The molecule has 2 amide bonds. The molecule has 0 saturated heterocycles. The van der Waals surface area contributed by atoms with Crippen LogP contribution >= 0.6 is 34.8 Å². The van der Waals surface area contributed by atoms with Crippen molar-refractivity contribution in [1.29, 1.82) is 0 Å². The summed E-state index contributed by atoms with van der Waals surface area (Å²) >= 11 is 18.4. The molecule has 0 radical (unpaired) electrons. The zero-order valence-electron chi connectivity index (χ0n) is 18.9. The number of hydrogen-bond donors (Lipinski definition) is 1. The second-order valence-electron chi connectivity index (χ2n) is 7.95. The molecule has 178 valence electrons. The molecular weight excluding hydrogens is 511 g/mol. The van der Waals surface area contributed by atoms with Crippen LogP contribution in [0, 0.1) is 20.8 Å². The van der Waals surface area contributed by atoms with Gasteiger partial charge in [-0.05, 0) is 73.9 Å². The van der Waals surface area contributed by atoms with E-state index in [4.69, 9.17) is 39.5 Å². The zero-order valence-corrected chi connectivity index (χ0v) is 21.2. The van der Waals surface area contributed by atoms with Gasteiger partial charge >= 0.3 is 5.97 Å². The largest absolute Gasteiger partial charge is 0.422 e. The van der Waals surface area contributed by atoms with Gasteiger partial charge in [0, 0.05) is 5.69 Å². The van der Waals surface area contributed by atoms with E-state index in [1.807, 2.05) is 32.9 Å². The van der Waals surface area contributed by atoms with E-state index in [0.717, 1.165) is 21.6 Å². The normalized spacial score (nSPS) is 13.5. The van der Waals surface area contributed by atoms with Crippen molar-refractivity contribution in [3.8, 4) is 5.75 Å². The number of anilines is 2. The van der Waals surface area contributed by atoms with Crippen LogP contribution in [-0.4, -0.2) is 17.8 Å². The molecule has 4 rings (SSSR count). The van der Waals surface area contributed by atoms with Crippen molar-refractivity contribution in [2.45, 2.75) is 20.8 Å². The number of rotatable bonds is 5. The minimum absolute atomic E-state index is 0.0588. The van der Waals surface area contributed by atoms with Gasteiger partial charge in [-0.2, -0.15) is 0 Å². The lowest BCUT2D eigenvalue weighted by Crippen LogP contribution is -2.32. The van der Waals surface area contributed by atoms with Crippen LogP contribution in [0.15, 0.2) is 65.3 Å². The van der Waals surface area contributed by atoms with E-state index >= 15 is 0 Å². The minimum Gasteiger partial charge on any atom is -0.422 e. The highest BCUT2D eigenvalue weighted by molar-refractivity contribution is 6.54. The highest BCUT2D eigenvalue weighted by Crippen LogP contribution is 2.37. The molecule has 3 aromatic rings. The molecule has 9 heteroatoms. The standard InChI is InChI=1S/C26H19Cl3N2O4/c1-13-7-8-14(2)23(15(13)3)35-26(34)16-9-11-17(12-10-16)30-22-21(29)24(32)31(25(22)33)19-6-4-5-18(27)20(19)28/h4-12,30H,1-3H3. The van der Waals surface area contributed by atoms with Gasteiger partial charge in [0.2, 0.25) is 0 Å². The Bertz CT molecular complexity index is 1410. The Balaban J connectivity index is 1.52. The van der Waals surface area contributed by atoms with Crippen molar-refractivity contribution in [2.24, 2.45) is 0 Å². The average molecular weight is 530 g/mol. The summed E-state index contributed by atoms with van der Waals surface area (Å²) in [5, 5.41) is 2.82. The second-order valence-corrected chi connectivity index (χ2v) is 9.12. The molecule has 6 nitrogen and oxygen atoms in total.